The van der Waals surface area contributed by atoms with Gasteiger partial charge in [0.25, 0.3) is 0 Å². The minimum absolute atomic E-state index is 0. The Morgan fingerprint density at radius 3 is 2.05 bits per heavy atom. The third-order valence-corrected chi connectivity index (χ3v) is 3.57. The molecule has 0 aromatic heterocycles. The van der Waals surface area contributed by atoms with E-state index in [0.29, 0.717) is 13.0 Å². The van der Waals surface area contributed by atoms with Gasteiger partial charge in [-0.25, -0.2) is 0 Å². The van der Waals surface area contributed by atoms with Crippen LogP contribution in [0.3, 0.4) is 0 Å². The molecular formula is C18H23ClN2O. The highest BCUT2D eigenvalue weighted by molar-refractivity contribution is 5.85. The van der Waals surface area contributed by atoms with Crippen molar-refractivity contribution in [3.8, 4) is 0 Å². The molecule has 0 aliphatic rings. The van der Waals surface area contributed by atoms with E-state index in [1.807, 2.05) is 55.6 Å². The largest absolute Gasteiger partial charge is 0.344 e. The maximum atomic E-state index is 12.3. The number of benzene rings is 2. The lowest BCUT2D eigenvalue weighted by Gasteiger charge is -2.21. The molecule has 0 bridgehead atoms. The van der Waals surface area contributed by atoms with Gasteiger partial charge in [-0.05, 0) is 24.0 Å². The molecule has 0 saturated carbocycles. The van der Waals surface area contributed by atoms with Gasteiger partial charge in [0.1, 0.15) is 0 Å². The fourth-order valence-corrected chi connectivity index (χ4v) is 2.29. The predicted molar refractivity (Wildman–Crippen MR) is 93.2 cm³/mol. The highest BCUT2D eigenvalue weighted by atomic mass is 35.5. The third kappa shape index (κ3) is 5.51. The van der Waals surface area contributed by atoms with Gasteiger partial charge in [-0.15, -0.1) is 12.4 Å². The summed E-state index contributed by atoms with van der Waals surface area (Å²) in [5.74, 6) is -0.00483. The Bertz CT molecular complexity index is 560. The Balaban J connectivity index is 0.00000242. The maximum absolute atomic E-state index is 12.3. The number of nitrogens with zero attached hydrogens (tertiary/aromatic N) is 1. The molecule has 0 spiro atoms. The molecule has 0 aliphatic heterocycles. The molecule has 2 aromatic rings. The van der Waals surface area contributed by atoms with Crippen molar-refractivity contribution in [1.29, 1.82) is 0 Å². The van der Waals surface area contributed by atoms with E-state index in [0.717, 1.165) is 12.0 Å². The van der Waals surface area contributed by atoms with Crippen LogP contribution < -0.4 is 5.73 Å². The van der Waals surface area contributed by atoms with Gasteiger partial charge in [-0.2, -0.15) is 0 Å². The Hall–Kier alpha value is -1.84. The molecule has 118 valence electrons. The van der Waals surface area contributed by atoms with E-state index in [1.165, 1.54) is 5.56 Å². The number of nitrogens with two attached hydrogens (primary N) is 1. The zero-order chi connectivity index (χ0) is 15.1. The van der Waals surface area contributed by atoms with Gasteiger partial charge in [-0.3, -0.25) is 4.79 Å². The second-order valence-corrected chi connectivity index (χ2v) is 5.29. The van der Waals surface area contributed by atoms with Crippen molar-refractivity contribution in [3.05, 3.63) is 71.8 Å². The SMILES string of the molecule is CN(CCc1ccccc1)C(=O)C(N)Cc1ccccc1.Cl. The van der Waals surface area contributed by atoms with Gasteiger partial charge in [0.15, 0.2) is 0 Å². The number of halogens is 1. The van der Waals surface area contributed by atoms with Crippen molar-refractivity contribution in [2.24, 2.45) is 5.73 Å². The summed E-state index contributed by atoms with van der Waals surface area (Å²) in [5.41, 5.74) is 8.35. The van der Waals surface area contributed by atoms with Gasteiger partial charge in [-0.1, -0.05) is 60.7 Å². The summed E-state index contributed by atoms with van der Waals surface area (Å²) in [6, 6.07) is 19.6. The molecular weight excluding hydrogens is 296 g/mol. The smallest absolute Gasteiger partial charge is 0.239 e. The number of hydrogen-bond donors (Lipinski definition) is 1. The summed E-state index contributed by atoms with van der Waals surface area (Å²) < 4.78 is 0. The molecule has 2 aromatic carbocycles. The van der Waals surface area contributed by atoms with E-state index in [4.69, 9.17) is 5.73 Å². The second kappa shape index (κ2) is 9.23. The van der Waals surface area contributed by atoms with Gasteiger partial charge in [0.05, 0.1) is 6.04 Å². The topological polar surface area (TPSA) is 46.3 Å². The van der Waals surface area contributed by atoms with Gasteiger partial charge in [0, 0.05) is 13.6 Å². The maximum Gasteiger partial charge on any atom is 0.239 e. The number of amides is 1. The van der Waals surface area contributed by atoms with Crippen LogP contribution in [-0.2, 0) is 17.6 Å². The zero-order valence-electron chi connectivity index (χ0n) is 12.8. The fourth-order valence-electron chi connectivity index (χ4n) is 2.29. The van der Waals surface area contributed by atoms with E-state index in [-0.39, 0.29) is 18.3 Å². The number of carbonyl (C=O) groups is 1. The van der Waals surface area contributed by atoms with Crippen molar-refractivity contribution < 1.29 is 4.79 Å². The molecule has 22 heavy (non-hydrogen) atoms. The molecule has 1 atom stereocenters. The summed E-state index contributed by atoms with van der Waals surface area (Å²) >= 11 is 0. The predicted octanol–water partition coefficient (Wildman–Crippen LogP) is 2.68. The molecule has 0 saturated heterocycles. The van der Waals surface area contributed by atoms with E-state index in [9.17, 15) is 4.79 Å². The molecule has 0 fully saturated rings. The molecule has 0 heterocycles. The first kappa shape index (κ1) is 18.2. The number of hydrogen-bond acceptors (Lipinski definition) is 2. The first-order valence-corrected chi connectivity index (χ1v) is 7.25. The van der Waals surface area contributed by atoms with Crippen LogP contribution in [0.4, 0.5) is 0 Å². The molecule has 3 nitrogen and oxygen atoms in total. The van der Waals surface area contributed by atoms with Crippen molar-refractivity contribution in [2.45, 2.75) is 18.9 Å². The molecule has 1 unspecified atom stereocenters. The summed E-state index contributed by atoms with van der Waals surface area (Å²) in [6.07, 6.45) is 1.43. The van der Waals surface area contributed by atoms with E-state index >= 15 is 0 Å². The lowest BCUT2D eigenvalue weighted by atomic mass is 10.1. The zero-order valence-corrected chi connectivity index (χ0v) is 13.6. The average molecular weight is 319 g/mol. The van der Waals surface area contributed by atoms with Crippen LogP contribution in [0.5, 0.6) is 0 Å². The summed E-state index contributed by atoms with van der Waals surface area (Å²) in [4.78, 5) is 14.0. The van der Waals surface area contributed by atoms with Crippen LogP contribution in [0.2, 0.25) is 0 Å². The van der Waals surface area contributed by atoms with Crippen LogP contribution in [0.25, 0.3) is 0 Å². The van der Waals surface area contributed by atoms with Crippen LogP contribution in [-0.4, -0.2) is 30.4 Å². The van der Waals surface area contributed by atoms with Crippen LogP contribution >= 0.6 is 12.4 Å². The highest BCUT2D eigenvalue weighted by Gasteiger charge is 2.18. The molecule has 2 N–H and O–H groups in total. The van der Waals surface area contributed by atoms with E-state index in [2.05, 4.69) is 12.1 Å². The quantitative estimate of drug-likeness (QED) is 0.890. The number of likely N-dealkylation sites (N-methyl/N-ethyl adjacent to an activating group) is 1. The summed E-state index contributed by atoms with van der Waals surface area (Å²) in [7, 11) is 1.82. The molecule has 0 radical (unpaired) electrons. The molecule has 2 rings (SSSR count). The minimum Gasteiger partial charge on any atom is -0.344 e. The number of carbonyl (C=O) groups excluding carboxylic acids is 1. The second-order valence-electron chi connectivity index (χ2n) is 5.29. The van der Waals surface area contributed by atoms with Crippen LogP contribution in [0.1, 0.15) is 11.1 Å². The Kier molecular flexibility index (Phi) is 7.64. The Morgan fingerprint density at radius 2 is 1.50 bits per heavy atom. The summed E-state index contributed by atoms with van der Waals surface area (Å²) in [6.45, 7) is 0.686. The van der Waals surface area contributed by atoms with Crippen molar-refractivity contribution in [3.63, 3.8) is 0 Å². The Labute approximate surface area is 138 Å². The van der Waals surface area contributed by atoms with Crippen molar-refractivity contribution in [2.75, 3.05) is 13.6 Å². The summed E-state index contributed by atoms with van der Waals surface area (Å²) in [5, 5.41) is 0. The van der Waals surface area contributed by atoms with Gasteiger partial charge < -0.3 is 10.6 Å². The molecule has 0 aliphatic carbocycles. The third-order valence-electron chi connectivity index (χ3n) is 3.57. The highest BCUT2D eigenvalue weighted by Crippen LogP contribution is 2.05. The van der Waals surface area contributed by atoms with Crippen molar-refractivity contribution >= 4 is 18.3 Å². The lowest BCUT2D eigenvalue weighted by molar-refractivity contribution is -0.131. The van der Waals surface area contributed by atoms with Crippen LogP contribution in [0.15, 0.2) is 60.7 Å². The molecule has 1 amide bonds. The standard InChI is InChI=1S/C18H22N2O.ClH/c1-20(13-12-15-8-4-2-5-9-15)18(21)17(19)14-16-10-6-3-7-11-16;/h2-11,17H,12-14,19H2,1H3;1H. The average Bonchev–Trinajstić information content (AvgIpc) is 2.53. The van der Waals surface area contributed by atoms with Gasteiger partial charge >= 0.3 is 0 Å². The molecule has 4 heteroatoms. The lowest BCUT2D eigenvalue weighted by Crippen LogP contribution is -2.43. The fraction of sp³-hybridized carbons (Fsp3) is 0.278. The monoisotopic (exact) mass is 318 g/mol. The Morgan fingerprint density at radius 1 is 1.00 bits per heavy atom. The van der Waals surface area contributed by atoms with Crippen LogP contribution in [0, 0.1) is 0 Å². The van der Waals surface area contributed by atoms with Gasteiger partial charge in [0.2, 0.25) is 5.91 Å². The van der Waals surface area contributed by atoms with Crippen molar-refractivity contribution in [1.82, 2.24) is 4.90 Å². The first-order chi connectivity index (χ1) is 10.2. The number of rotatable bonds is 6. The first-order valence-electron chi connectivity index (χ1n) is 7.25. The van der Waals surface area contributed by atoms with E-state index in [1.54, 1.807) is 4.90 Å². The van der Waals surface area contributed by atoms with E-state index < -0.39 is 6.04 Å². The minimum atomic E-state index is -0.479. The normalized spacial score (nSPS) is 11.4.